The van der Waals surface area contributed by atoms with E-state index in [2.05, 4.69) is 26.1 Å². The molecular weight excluding hydrogens is 897 g/mol. The molecule has 19 nitrogen and oxygen atoms in total. The summed E-state index contributed by atoms with van der Waals surface area (Å²) in [6.07, 6.45) is 5.17. The van der Waals surface area contributed by atoms with E-state index in [1.165, 1.54) is 19.1 Å². The first-order chi connectivity index (χ1) is 32.5. The maximum Gasteiger partial charge on any atom is 0.303 e. The average Bonchev–Trinajstić information content (AvgIpc) is 3.94. The largest absolute Gasteiger partial charge is 0.455 e. The van der Waals surface area contributed by atoms with Crippen molar-refractivity contribution < 1.29 is 52.5 Å². The van der Waals surface area contributed by atoms with Gasteiger partial charge in [0.05, 0.1) is 70.4 Å². The van der Waals surface area contributed by atoms with E-state index in [-0.39, 0.29) is 106 Å². The molecule has 6 atom stereocenters. The summed E-state index contributed by atoms with van der Waals surface area (Å²) < 4.78 is 22.2. The number of nitrogens with one attached hydrogen (secondary N) is 3. The molecule has 0 radical (unpaired) electrons. The molecule has 3 heterocycles. The van der Waals surface area contributed by atoms with Gasteiger partial charge in [-0.05, 0) is 50.8 Å². The minimum absolute atomic E-state index is 0.0121. The summed E-state index contributed by atoms with van der Waals surface area (Å²) in [4.78, 5) is 99.3. The quantitative estimate of drug-likeness (QED) is 0.0365. The second-order valence-corrected chi connectivity index (χ2v) is 18.3. The number of rotatable bonds is 28. The van der Waals surface area contributed by atoms with Crippen LogP contribution in [0.5, 0.6) is 0 Å². The van der Waals surface area contributed by atoms with Gasteiger partial charge < -0.3 is 34.5 Å². The van der Waals surface area contributed by atoms with Crippen molar-refractivity contribution in [3.63, 3.8) is 0 Å². The van der Waals surface area contributed by atoms with Crippen LogP contribution in [0.3, 0.4) is 0 Å². The zero-order valence-corrected chi connectivity index (χ0v) is 41.5. The maximum atomic E-state index is 14.3. The van der Waals surface area contributed by atoms with Crippen LogP contribution in [0.4, 0.5) is 0 Å². The lowest BCUT2D eigenvalue weighted by molar-refractivity contribution is -0.149. The molecule has 6 amide bonds. The number of hydrazone groups is 1. The van der Waals surface area contributed by atoms with Gasteiger partial charge in [-0.2, -0.15) is 5.10 Å². The van der Waals surface area contributed by atoms with Crippen molar-refractivity contribution in [1.82, 2.24) is 35.7 Å². The van der Waals surface area contributed by atoms with Gasteiger partial charge in [-0.1, -0.05) is 70.9 Å². The van der Waals surface area contributed by atoms with Crippen LogP contribution in [0.1, 0.15) is 107 Å². The fraction of sp³-hybridized carbons (Fsp3) is 0.604. The molecule has 0 bridgehead atoms. The Morgan fingerprint density at radius 2 is 1.56 bits per heavy atom. The van der Waals surface area contributed by atoms with Gasteiger partial charge in [0.1, 0.15) is 16.7 Å². The molecular formula is C48H70N8O11S. The fourth-order valence-corrected chi connectivity index (χ4v) is 8.65. The van der Waals surface area contributed by atoms with Crippen molar-refractivity contribution >= 4 is 58.5 Å². The number of ether oxygens (including phenoxy) is 4. The number of carbonyl (C=O) groups is 7. The summed E-state index contributed by atoms with van der Waals surface area (Å²) in [6.45, 7) is 13.3. The third-order valence-electron chi connectivity index (χ3n) is 12.0. The predicted molar refractivity (Wildman–Crippen MR) is 255 cm³/mol. The summed E-state index contributed by atoms with van der Waals surface area (Å²) >= 11 is 1.16. The Morgan fingerprint density at radius 1 is 0.912 bits per heavy atom. The van der Waals surface area contributed by atoms with E-state index in [1.54, 1.807) is 36.4 Å². The molecule has 1 aromatic heterocycles. The highest BCUT2D eigenvalue weighted by atomic mass is 32.1. The lowest BCUT2D eigenvalue weighted by Gasteiger charge is -2.38. The minimum Gasteiger partial charge on any atom is -0.455 e. The highest BCUT2D eigenvalue weighted by molar-refractivity contribution is 7.09. The normalized spacial score (nSPS) is 17.6. The van der Waals surface area contributed by atoms with Crippen LogP contribution in [0.15, 0.2) is 53.0 Å². The highest BCUT2D eigenvalue weighted by Crippen LogP contribution is 2.31. The summed E-state index contributed by atoms with van der Waals surface area (Å²) in [5.41, 5.74) is 3.70. The SMILES string of the molecule is CCC(C)C(NC(=O)[C@H]1CCCCN1C)C(=O)N(C)C(CC(OC(C)=O)c1nc(C(=O)NC(C)C(=NNC(=O)CCOCCOCCOCCN2C(=O)C=CC2=O)c2ccccc2)cs1)C(C)C. The predicted octanol–water partition coefficient (Wildman–Crippen LogP) is 3.64. The molecule has 374 valence electrons. The smallest absolute Gasteiger partial charge is 0.303 e. The van der Waals surface area contributed by atoms with E-state index in [9.17, 15) is 33.6 Å². The Hall–Kier alpha value is -5.41. The van der Waals surface area contributed by atoms with Crippen molar-refractivity contribution in [3.8, 4) is 0 Å². The highest BCUT2D eigenvalue weighted by Gasteiger charge is 2.37. The molecule has 0 aliphatic carbocycles. The van der Waals surface area contributed by atoms with Crippen molar-refractivity contribution in [2.24, 2.45) is 16.9 Å². The third kappa shape index (κ3) is 17.0. The van der Waals surface area contributed by atoms with Crippen LogP contribution in [-0.2, 0) is 47.7 Å². The third-order valence-corrected chi connectivity index (χ3v) is 12.9. The molecule has 0 saturated carbocycles. The van der Waals surface area contributed by atoms with E-state index in [0.717, 1.165) is 42.0 Å². The fourth-order valence-electron chi connectivity index (χ4n) is 7.81. The Labute approximate surface area is 403 Å². The Bertz CT molecular complexity index is 2050. The Balaban J connectivity index is 1.32. The van der Waals surface area contributed by atoms with Crippen molar-refractivity contribution in [2.45, 2.75) is 110 Å². The number of esters is 1. The Kier molecular flexibility index (Phi) is 22.9. The zero-order valence-electron chi connectivity index (χ0n) is 40.7. The maximum absolute atomic E-state index is 14.3. The topological polar surface area (TPSA) is 227 Å². The van der Waals surface area contributed by atoms with Crippen LogP contribution in [-0.4, -0.2) is 158 Å². The number of piperidine rings is 1. The lowest BCUT2D eigenvalue weighted by atomic mass is 9.92. The first-order valence-electron chi connectivity index (χ1n) is 23.4. The van der Waals surface area contributed by atoms with Gasteiger partial charge in [0.15, 0.2) is 6.10 Å². The molecule has 4 rings (SSSR count). The van der Waals surface area contributed by atoms with E-state index in [0.29, 0.717) is 22.7 Å². The van der Waals surface area contributed by atoms with Gasteiger partial charge in [0, 0.05) is 44.0 Å². The van der Waals surface area contributed by atoms with E-state index in [4.69, 9.17) is 18.9 Å². The van der Waals surface area contributed by atoms with Crippen LogP contribution < -0.4 is 16.1 Å². The summed E-state index contributed by atoms with van der Waals surface area (Å²) in [7, 11) is 3.65. The number of hydrogen-bond acceptors (Lipinski definition) is 15. The monoisotopic (exact) mass is 966 g/mol. The molecule has 3 N–H and O–H groups in total. The number of amides is 6. The zero-order chi connectivity index (χ0) is 49.8. The van der Waals surface area contributed by atoms with Gasteiger partial charge in [-0.15, -0.1) is 11.3 Å². The van der Waals surface area contributed by atoms with Crippen molar-refractivity contribution in [1.29, 1.82) is 0 Å². The number of benzene rings is 1. The van der Waals surface area contributed by atoms with Gasteiger partial charge >= 0.3 is 5.97 Å². The number of aromatic nitrogens is 1. The number of likely N-dealkylation sites (N-methyl/N-ethyl adjacent to an activating group) is 2. The summed E-state index contributed by atoms with van der Waals surface area (Å²) in [5, 5.41) is 12.4. The van der Waals surface area contributed by atoms with Crippen molar-refractivity contribution in [3.05, 3.63) is 64.1 Å². The summed E-state index contributed by atoms with van der Waals surface area (Å²) in [5.74, 6) is -2.78. The van der Waals surface area contributed by atoms with Crippen LogP contribution >= 0.6 is 11.3 Å². The standard InChI is InChI=1S/C48H70N8O11S/c1-9-32(4)43(51-46(62)37-17-13-14-21-54(37)7)48(63)55(8)38(31(2)3)29-39(67-34(6)57)47-50-36(30-68-47)45(61)49-33(5)44(35-15-11-10-12-16-35)53-52-40(58)20-23-64-25-27-66-28-26-65-24-22-56-41(59)18-19-42(56)60/h10-12,15-16,18-19,30-33,37-39,43H,9,13-14,17,20-29H2,1-8H3,(H,49,61)(H,51,62)(H,52,58)/t32?,33?,37-,38?,39?,43?/m1/s1. The summed E-state index contributed by atoms with van der Waals surface area (Å²) in [6, 6.07) is 6.91. The second-order valence-electron chi connectivity index (χ2n) is 17.4. The molecule has 68 heavy (non-hydrogen) atoms. The Morgan fingerprint density at radius 3 is 2.18 bits per heavy atom. The van der Waals surface area contributed by atoms with E-state index >= 15 is 0 Å². The molecule has 0 spiro atoms. The van der Waals surface area contributed by atoms with E-state index in [1.807, 2.05) is 57.8 Å². The number of nitrogens with zero attached hydrogens (tertiary/aromatic N) is 5. The van der Waals surface area contributed by atoms with Gasteiger partial charge in [-0.3, -0.25) is 43.4 Å². The van der Waals surface area contributed by atoms with Crippen molar-refractivity contribution in [2.75, 3.05) is 66.8 Å². The molecule has 2 aliphatic rings. The van der Waals surface area contributed by atoms with Crippen LogP contribution in [0.2, 0.25) is 0 Å². The minimum atomic E-state index is -0.878. The molecule has 2 aliphatic heterocycles. The van der Waals surface area contributed by atoms with Gasteiger partial charge in [-0.25, -0.2) is 10.4 Å². The first kappa shape index (κ1) is 55.2. The average molecular weight is 967 g/mol. The molecule has 5 unspecified atom stereocenters. The van der Waals surface area contributed by atoms with Crippen LogP contribution in [0.25, 0.3) is 0 Å². The first-order valence-corrected chi connectivity index (χ1v) is 24.3. The number of thiazole rings is 1. The van der Waals surface area contributed by atoms with Gasteiger partial charge in [0.25, 0.3) is 17.7 Å². The van der Waals surface area contributed by atoms with Gasteiger partial charge in [0.2, 0.25) is 17.7 Å². The van der Waals surface area contributed by atoms with Crippen LogP contribution in [0, 0.1) is 11.8 Å². The van der Waals surface area contributed by atoms with E-state index < -0.39 is 42.0 Å². The number of carbonyl (C=O) groups excluding carboxylic acids is 7. The number of hydrogen-bond donors (Lipinski definition) is 3. The number of likely N-dealkylation sites (tertiary alicyclic amines) is 1. The molecule has 20 heteroatoms. The molecule has 1 aromatic carbocycles. The molecule has 1 fully saturated rings. The molecule has 1 saturated heterocycles. The lowest BCUT2D eigenvalue weighted by Crippen LogP contribution is -2.58. The second kappa shape index (κ2) is 28.2. The number of imide groups is 1. The molecule has 2 aromatic rings.